The van der Waals surface area contributed by atoms with Crippen molar-refractivity contribution in [2.75, 3.05) is 25.5 Å². The zero-order chi connectivity index (χ0) is 16.8. The van der Waals surface area contributed by atoms with E-state index in [1.54, 1.807) is 0 Å². The SMILES string of the molecule is NCCCCCO[C@@H]1[C@H](O)[C@@H](CO)O[C@H]1n1ccc(N)nc1=O. The van der Waals surface area contributed by atoms with Crippen molar-refractivity contribution in [3.05, 3.63) is 22.7 Å². The van der Waals surface area contributed by atoms with Crippen LogP contribution in [0.15, 0.2) is 17.1 Å². The summed E-state index contributed by atoms with van der Waals surface area (Å²) in [7, 11) is 0. The summed E-state index contributed by atoms with van der Waals surface area (Å²) in [5.74, 6) is 0.0998. The van der Waals surface area contributed by atoms with Gasteiger partial charge in [-0.3, -0.25) is 4.57 Å². The van der Waals surface area contributed by atoms with Crippen molar-refractivity contribution in [3.8, 4) is 0 Å². The Hall–Kier alpha value is -1.52. The molecule has 0 aliphatic carbocycles. The molecule has 0 radical (unpaired) electrons. The molecule has 23 heavy (non-hydrogen) atoms. The summed E-state index contributed by atoms with van der Waals surface area (Å²) in [4.78, 5) is 15.6. The molecule has 130 valence electrons. The van der Waals surface area contributed by atoms with E-state index in [-0.39, 0.29) is 12.4 Å². The maximum Gasteiger partial charge on any atom is 0.351 e. The highest BCUT2D eigenvalue weighted by Crippen LogP contribution is 2.30. The normalized spacial score (nSPS) is 27.4. The fourth-order valence-electron chi connectivity index (χ4n) is 2.54. The van der Waals surface area contributed by atoms with Crippen LogP contribution in [0.3, 0.4) is 0 Å². The predicted octanol–water partition coefficient (Wildman–Crippen LogP) is -1.41. The first-order valence-electron chi connectivity index (χ1n) is 7.69. The Morgan fingerprint density at radius 2 is 2.17 bits per heavy atom. The van der Waals surface area contributed by atoms with E-state index in [1.165, 1.54) is 16.8 Å². The first kappa shape index (κ1) is 17.8. The molecule has 1 aromatic heterocycles. The molecule has 9 nitrogen and oxygen atoms in total. The second-order valence-corrected chi connectivity index (χ2v) is 5.47. The van der Waals surface area contributed by atoms with Gasteiger partial charge in [-0.25, -0.2) is 4.79 Å². The molecule has 0 bridgehead atoms. The second kappa shape index (κ2) is 8.37. The van der Waals surface area contributed by atoms with Crippen LogP contribution in [0.1, 0.15) is 25.5 Å². The van der Waals surface area contributed by atoms with E-state index in [0.29, 0.717) is 13.2 Å². The van der Waals surface area contributed by atoms with E-state index in [4.69, 9.17) is 20.9 Å². The van der Waals surface area contributed by atoms with Crippen molar-refractivity contribution in [1.29, 1.82) is 0 Å². The average Bonchev–Trinajstić information content (AvgIpc) is 2.83. The number of unbranched alkanes of at least 4 members (excludes halogenated alkanes) is 2. The highest BCUT2D eigenvalue weighted by Gasteiger charge is 2.45. The van der Waals surface area contributed by atoms with Gasteiger partial charge in [0.2, 0.25) is 0 Å². The van der Waals surface area contributed by atoms with Crippen LogP contribution in [0.2, 0.25) is 0 Å². The summed E-state index contributed by atoms with van der Waals surface area (Å²) in [6.45, 7) is 0.648. The molecule has 1 fully saturated rings. The molecule has 1 aliphatic rings. The van der Waals surface area contributed by atoms with Crippen LogP contribution in [0.25, 0.3) is 0 Å². The minimum absolute atomic E-state index is 0.0998. The lowest BCUT2D eigenvalue weighted by atomic mass is 10.1. The van der Waals surface area contributed by atoms with Gasteiger partial charge in [-0.05, 0) is 31.9 Å². The van der Waals surface area contributed by atoms with Crippen molar-refractivity contribution in [1.82, 2.24) is 9.55 Å². The number of aromatic nitrogens is 2. The second-order valence-electron chi connectivity index (χ2n) is 5.47. The van der Waals surface area contributed by atoms with Gasteiger partial charge in [-0.15, -0.1) is 0 Å². The van der Waals surface area contributed by atoms with Crippen LogP contribution in [-0.4, -0.2) is 57.8 Å². The summed E-state index contributed by atoms with van der Waals surface area (Å²) < 4.78 is 12.5. The monoisotopic (exact) mass is 328 g/mol. The molecule has 0 unspecified atom stereocenters. The predicted molar refractivity (Wildman–Crippen MR) is 82.6 cm³/mol. The summed E-state index contributed by atoms with van der Waals surface area (Å²) >= 11 is 0. The Morgan fingerprint density at radius 1 is 1.39 bits per heavy atom. The van der Waals surface area contributed by atoms with Crippen LogP contribution in [0, 0.1) is 0 Å². The highest BCUT2D eigenvalue weighted by atomic mass is 16.6. The summed E-state index contributed by atoms with van der Waals surface area (Å²) in [5.41, 5.74) is 10.3. The van der Waals surface area contributed by atoms with Gasteiger partial charge in [-0.2, -0.15) is 4.98 Å². The lowest BCUT2D eigenvalue weighted by Gasteiger charge is -2.22. The summed E-state index contributed by atoms with van der Waals surface area (Å²) in [5, 5.41) is 19.5. The molecule has 0 amide bonds. The molecule has 1 saturated heterocycles. The molecule has 4 atom stereocenters. The molecular weight excluding hydrogens is 304 g/mol. The first-order valence-corrected chi connectivity index (χ1v) is 7.69. The van der Waals surface area contributed by atoms with Crippen LogP contribution in [0.4, 0.5) is 5.82 Å². The Balaban J connectivity index is 2.09. The number of nitrogens with two attached hydrogens (primary N) is 2. The van der Waals surface area contributed by atoms with Gasteiger partial charge in [-0.1, -0.05) is 0 Å². The van der Waals surface area contributed by atoms with Crippen molar-refractivity contribution in [3.63, 3.8) is 0 Å². The molecule has 0 aromatic carbocycles. The number of hydrogen-bond donors (Lipinski definition) is 4. The third kappa shape index (κ3) is 4.27. The van der Waals surface area contributed by atoms with E-state index in [9.17, 15) is 15.0 Å². The lowest BCUT2D eigenvalue weighted by molar-refractivity contribution is -0.0748. The summed E-state index contributed by atoms with van der Waals surface area (Å²) in [6.07, 6.45) is 0.542. The minimum atomic E-state index is -1.04. The Labute approximate surface area is 133 Å². The van der Waals surface area contributed by atoms with Crippen LogP contribution in [-0.2, 0) is 9.47 Å². The van der Waals surface area contributed by atoms with Crippen molar-refractivity contribution >= 4 is 5.82 Å². The van der Waals surface area contributed by atoms with Crippen LogP contribution in [0.5, 0.6) is 0 Å². The minimum Gasteiger partial charge on any atom is -0.394 e. The van der Waals surface area contributed by atoms with Crippen molar-refractivity contribution in [2.24, 2.45) is 5.73 Å². The van der Waals surface area contributed by atoms with Gasteiger partial charge in [0.1, 0.15) is 24.1 Å². The van der Waals surface area contributed by atoms with E-state index < -0.39 is 30.2 Å². The molecule has 6 N–H and O–H groups in total. The zero-order valence-corrected chi connectivity index (χ0v) is 12.9. The van der Waals surface area contributed by atoms with Crippen LogP contribution >= 0.6 is 0 Å². The van der Waals surface area contributed by atoms with E-state index in [2.05, 4.69) is 4.98 Å². The molecule has 0 spiro atoms. The van der Waals surface area contributed by atoms with Gasteiger partial charge in [0.25, 0.3) is 0 Å². The maximum absolute atomic E-state index is 12.0. The number of aliphatic hydroxyl groups excluding tert-OH is 2. The highest BCUT2D eigenvalue weighted by molar-refractivity contribution is 5.23. The third-order valence-electron chi connectivity index (χ3n) is 3.78. The lowest BCUT2D eigenvalue weighted by Crippen LogP contribution is -2.38. The number of hydrogen-bond acceptors (Lipinski definition) is 8. The smallest absolute Gasteiger partial charge is 0.351 e. The van der Waals surface area contributed by atoms with E-state index >= 15 is 0 Å². The number of nitrogens with zero attached hydrogens (tertiary/aromatic N) is 2. The number of rotatable bonds is 8. The zero-order valence-electron chi connectivity index (χ0n) is 12.9. The van der Waals surface area contributed by atoms with E-state index in [1.807, 2.05) is 0 Å². The molecule has 2 rings (SSSR count). The number of nitrogen functional groups attached to an aromatic ring is 1. The molecule has 0 saturated carbocycles. The Morgan fingerprint density at radius 3 is 2.83 bits per heavy atom. The average molecular weight is 328 g/mol. The van der Waals surface area contributed by atoms with Crippen LogP contribution < -0.4 is 17.2 Å². The van der Waals surface area contributed by atoms with Crippen molar-refractivity contribution in [2.45, 2.75) is 43.8 Å². The van der Waals surface area contributed by atoms with Gasteiger partial charge < -0.3 is 31.2 Å². The number of anilines is 1. The quantitative estimate of drug-likeness (QED) is 0.426. The fourth-order valence-corrected chi connectivity index (χ4v) is 2.54. The third-order valence-corrected chi connectivity index (χ3v) is 3.78. The van der Waals surface area contributed by atoms with Gasteiger partial charge in [0.05, 0.1) is 6.61 Å². The molecule has 2 heterocycles. The molecule has 1 aliphatic heterocycles. The molecular formula is C14H24N4O5. The Bertz CT molecular complexity index is 552. The van der Waals surface area contributed by atoms with Crippen molar-refractivity contribution < 1.29 is 19.7 Å². The fraction of sp³-hybridized carbons (Fsp3) is 0.714. The standard InChI is InChI=1S/C14H24N4O5/c15-5-2-1-3-7-22-12-11(20)9(8-19)23-13(12)18-6-4-10(16)17-14(18)21/h4,6,9,11-13,19-20H,1-3,5,7-8,15H2,(H2,16,17,21)/t9-,11-,12-,13-/m1/s1. The maximum atomic E-state index is 12.0. The first-order chi connectivity index (χ1) is 11.1. The number of aliphatic hydroxyl groups is 2. The molecule has 1 aromatic rings. The van der Waals surface area contributed by atoms with Gasteiger partial charge in [0, 0.05) is 12.8 Å². The topological polar surface area (TPSA) is 146 Å². The van der Waals surface area contributed by atoms with Gasteiger partial charge in [0.15, 0.2) is 6.23 Å². The largest absolute Gasteiger partial charge is 0.394 e. The molecule has 9 heteroatoms. The number of ether oxygens (including phenoxy) is 2. The Kier molecular flexibility index (Phi) is 6.48. The summed E-state index contributed by atoms with van der Waals surface area (Å²) in [6, 6.07) is 1.46. The van der Waals surface area contributed by atoms with E-state index in [0.717, 1.165) is 19.3 Å². The van der Waals surface area contributed by atoms with Gasteiger partial charge >= 0.3 is 5.69 Å².